The molecule has 0 unspecified atom stereocenters. The predicted octanol–water partition coefficient (Wildman–Crippen LogP) is 3.88. The van der Waals surface area contributed by atoms with Crippen LogP contribution in [0.3, 0.4) is 0 Å². The Hall–Kier alpha value is -1.56. The third kappa shape index (κ3) is 4.97. The molecule has 1 saturated heterocycles. The van der Waals surface area contributed by atoms with Crippen LogP contribution in [-0.4, -0.2) is 42.1 Å². The van der Waals surface area contributed by atoms with E-state index in [1.807, 2.05) is 17.0 Å². The molecule has 0 saturated carbocycles. The first kappa shape index (κ1) is 19.8. The van der Waals surface area contributed by atoms with Crippen LogP contribution in [0.1, 0.15) is 30.3 Å². The number of piperidine rings is 1. The molecule has 0 radical (unpaired) electrons. The van der Waals surface area contributed by atoms with E-state index in [0.717, 1.165) is 44.6 Å². The van der Waals surface area contributed by atoms with Crippen molar-refractivity contribution in [2.75, 3.05) is 26.2 Å². The summed E-state index contributed by atoms with van der Waals surface area (Å²) < 4.78 is 5.33. The van der Waals surface area contributed by atoms with E-state index in [4.69, 9.17) is 16.1 Å². The van der Waals surface area contributed by atoms with Gasteiger partial charge in [-0.05, 0) is 56.1 Å². The van der Waals surface area contributed by atoms with Crippen LogP contribution in [0.2, 0.25) is 5.02 Å². The number of benzene rings is 1. The first-order valence-corrected chi connectivity index (χ1v) is 8.78. The average molecular weight is 384 g/mol. The van der Waals surface area contributed by atoms with Gasteiger partial charge in [0.15, 0.2) is 11.5 Å². The molecule has 2 heterocycles. The van der Waals surface area contributed by atoms with Crippen molar-refractivity contribution in [2.24, 2.45) is 5.92 Å². The number of aromatic nitrogens is 1. The lowest BCUT2D eigenvalue weighted by Crippen LogP contribution is -2.40. The number of hydrogen-bond donors (Lipinski definition) is 1. The highest BCUT2D eigenvalue weighted by Gasteiger charge is 2.25. The van der Waals surface area contributed by atoms with Crippen LogP contribution in [0, 0.1) is 5.92 Å². The van der Waals surface area contributed by atoms with E-state index in [1.165, 1.54) is 0 Å². The van der Waals surface area contributed by atoms with Crippen LogP contribution in [0.5, 0.6) is 0 Å². The van der Waals surface area contributed by atoms with E-state index in [-0.39, 0.29) is 18.3 Å². The summed E-state index contributed by atoms with van der Waals surface area (Å²) in [7, 11) is 0. The summed E-state index contributed by atoms with van der Waals surface area (Å²) in [6, 6.07) is 8.98. The van der Waals surface area contributed by atoms with Crippen LogP contribution in [0.15, 0.2) is 34.9 Å². The number of nitrogens with one attached hydrogen (secondary N) is 1. The zero-order valence-corrected chi connectivity index (χ0v) is 15.8. The molecule has 25 heavy (non-hydrogen) atoms. The van der Waals surface area contributed by atoms with Crippen molar-refractivity contribution >= 4 is 29.9 Å². The third-order valence-corrected chi connectivity index (χ3v) is 4.69. The van der Waals surface area contributed by atoms with Gasteiger partial charge in [-0.15, -0.1) is 12.4 Å². The molecule has 1 aliphatic heterocycles. The van der Waals surface area contributed by atoms with Gasteiger partial charge in [0.2, 0.25) is 0 Å². The Bertz CT molecular complexity index is 680. The normalized spacial score (nSPS) is 15.0. The molecular weight excluding hydrogens is 361 g/mol. The minimum Gasteiger partial charge on any atom is -0.355 e. The SMILES string of the molecule is CCNCC1CCN(C(=O)c2cc(-c3ccc(Cl)cc3)on2)CC1.Cl. The second-order valence-corrected chi connectivity index (χ2v) is 6.56. The Balaban J connectivity index is 0.00000225. The van der Waals surface area contributed by atoms with Gasteiger partial charge in [0.05, 0.1) is 0 Å². The largest absolute Gasteiger partial charge is 0.355 e. The smallest absolute Gasteiger partial charge is 0.276 e. The zero-order valence-electron chi connectivity index (χ0n) is 14.2. The third-order valence-electron chi connectivity index (χ3n) is 4.44. The number of rotatable bonds is 5. The summed E-state index contributed by atoms with van der Waals surface area (Å²) in [6.45, 7) is 5.69. The standard InChI is InChI=1S/C18H22ClN3O2.ClH/c1-2-20-12-13-7-9-22(10-8-13)18(23)16-11-17(24-21-16)14-3-5-15(19)6-4-14;/h3-6,11,13,20H,2,7-10,12H2,1H3;1H. The minimum atomic E-state index is -0.0548. The van der Waals surface area contributed by atoms with Gasteiger partial charge in [0, 0.05) is 29.7 Å². The molecule has 136 valence electrons. The van der Waals surface area contributed by atoms with Gasteiger partial charge in [-0.1, -0.05) is 23.7 Å². The second-order valence-electron chi connectivity index (χ2n) is 6.13. The Morgan fingerprint density at radius 3 is 2.64 bits per heavy atom. The highest BCUT2D eigenvalue weighted by molar-refractivity contribution is 6.30. The van der Waals surface area contributed by atoms with Gasteiger partial charge < -0.3 is 14.7 Å². The molecule has 0 bridgehead atoms. The fourth-order valence-corrected chi connectivity index (χ4v) is 3.10. The van der Waals surface area contributed by atoms with Crippen molar-refractivity contribution in [2.45, 2.75) is 19.8 Å². The average Bonchev–Trinajstić information content (AvgIpc) is 3.10. The summed E-state index contributed by atoms with van der Waals surface area (Å²) in [4.78, 5) is 14.5. The molecule has 2 aromatic rings. The lowest BCUT2D eigenvalue weighted by molar-refractivity contribution is 0.0680. The fourth-order valence-electron chi connectivity index (χ4n) is 2.98. The Morgan fingerprint density at radius 2 is 2.00 bits per heavy atom. The van der Waals surface area contributed by atoms with E-state index in [1.54, 1.807) is 18.2 Å². The zero-order chi connectivity index (χ0) is 16.9. The van der Waals surface area contributed by atoms with Gasteiger partial charge >= 0.3 is 0 Å². The predicted molar refractivity (Wildman–Crippen MR) is 101 cm³/mol. The van der Waals surface area contributed by atoms with Gasteiger partial charge in [-0.2, -0.15) is 0 Å². The van der Waals surface area contributed by atoms with Gasteiger partial charge in [-0.3, -0.25) is 4.79 Å². The van der Waals surface area contributed by atoms with Crippen molar-refractivity contribution in [3.63, 3.8) is 0 Å². The van der Waals surface area contributed by atoms with Crippen LogP contribution >= 0.6 is 24.0 Å². The van der Waals surface area contributed by atoms with Crippen molar-refractivity contribution < 1.29 is 9.32 Å². The molecule has 1 aromatic carbocycles. The maximum atomic E-state index is 12.6. The van der Waals surface area contributed by atoms with Crippen LogP contribution in [0.4, 0.5) is 0 Å². The van der Waals surface area contributed by atoms with Crippen molar-refractivity contribution in [3.05, 3.63) is 41.0 Å². The number of likely N-dealkylation sites (tertiary alicyclic amines) is 1. The van der Waals surface area contributed by atoms with E-state index in [9.17, 15) is 4.79 Å². The van der Waals surface area contributed by atoms with Gasteiger partial charge in [-0.25, -0.2) is 0 Å². The second kappa shape index (κ2) is 9.22. The lowest BCUT2D eigenvalue weighted by Gasteiger charge is -2.31. The molecule has 1 amide bonds. The van der Waals surface area contributed by atoms with Crippen LogP contribution in [-0.2, 0) is 0 Å². The van der Waals surface area contributed by atoms with Crippen LogP contribution in [0.25, 0.3) is 11.3 Å². The monoisotopic (exact) mass is 383 g/mol. The first-order chi connectivity index (χ1) is 11.7. The summed E-state index contributed by atoms with van der Waals surface area (Å²) in [6.07, 6.45) is 2.06. The van der Waals surface area contributed by atoms with E-state index in [0.29, 0.717) is 22.4 Å². The molecule has 0 atom stereocenters. The van der Waals surface area contributed by atoms with Gasteiger partial charge in [0.25, 0.3) is 5.91 Å². The van der Waals surface area contributed by atoms with E-state index < -0.39 is 0 Å². The first-order valence-electron chi connectivity index (χ1n) is 8.40. The number of halogens is 2. The van der Waals surface area contributed by atoms with Gasteiger partial charge in [0.1, 0.15) is 0 Å². The van der Waals surface area contributed by atoms with Crippen molar-refractivity contribution in [3.8, 4) is 11.3 Å². The van der Waals surface area contributed by atoms with Crippen molar-refractivity contribution in [1.82, 2.24) is 15.4 Å². The molecule has 3 rings (SSSR count). The lowest BCUT2D eigenvalue weighted by atomic mass is 9.96. The molecule has 0 spiro atoms. The number of hydrogen-bond acceptors (Lipinski definition) is 4. The summed E-state index contributed by atoms with van der Waals surface area (Å²) in [5, 5.41) is 7.99. The molecule has 0 aliphatic carbocycles. The number of carbonyl (C=O) groups excluding carboxylic acids is 1. The molecule has 1 aromatic heterocycles. The summed E-state index contributed by atoms with van der Waals surface area (Å²) in [5.74, 6) is 1.17. The topological polar surface area (TPSA) is 58.4 Å². The Kier molecular flexibility index (Phi) is 7.29. The number of amides is 1. The molecule has 1 aliphatic rings. The highest BCUT2D eigenvalue weighted by atomic mass is 35.5. The Labute approximate surface area is 159 Å². The highest BCUT2D eigenvalue weighted by Crippen LogP contribution is 2.24. The molecule has 7 heteroatoms. The van der Waals surface area contributed by atoms with Crippen molar-refractivity contribution in [1.29, 1.82) is 0 Å². The van der Waals surface area contributed by atoms with E-state index in [2.05, 4.69) is 17.4 Å². The Morgan fingerprint density at radius 1 is 1.32 bits per heavy atom. The quantitative estimate of drug-likeness (QED) is 0.850. The molecule has 5 nitrogen and oxygen atoms in total. The minimum absolute atomic E-state index is 0. The molecular formula is C18H23Cl2N3O2. The molecule has 1 fully saturated rings. The van der Waals surface area contributed by atoms with E-state index >= 15 is 0 Å². The number of nitrogens with zero attached hydrogens (tertiary/aromatic N) is 2. The summed E-state index contributed by atoms with van der Waals surface area (Å²) in [5.41, 5.74) is 1.22. The maximum absolute atomic E-state index is 12.6. The maximum Gasteiger partial charge on any atom is 0.276 e. The fraction of sp³-hybridized carbons (Fsp3) is 0.444. The summed E-state index contributed by atoms with van der Waals surface area (Å²) >= 11 is 5.89. The number of carbonyl (C=O) groups is 1. The molecule has 1 N–H and O–H groups in total. The van der Waals surface area contributed by atoms with Crippen LogP contribution < -0.4 is 5.32 Å².